The Morgan fingerprint density at radius 1 is 1.23 bits per heavy atom. The summed E-state index contributed by atoms with van der Waals surface area (Å²) in [5.41, 5.74) is 0.973. The lowest BCUT2D eigenvalue weighted by atomic mass is 9.97. The molecular weight excluding hydrogens is 418 g/mol. The number of carbonyl (C=O) groups is 3. The summed E-state index contributed by atoms with van der Waals surface area (Å²) >= 11 is 1.39. The first-order valence-corrected chi connectivity index (χ1v) is 11.3. The van der Waals surface area contributed by atoms with E-state index in [1.807, 2.05) is 0 Å². The highest BCUT2D eigenvalue weighted by Crippen LogP contribution is 2.32. The fourth-order valence-electron chi connectivity index (χ4n) is 3.84. The minimum absolute atomic E-state index is 0.0867. The first kappa shape index (κ1) is 21.2. The molecule has 1 N–H and O–H groups in total. The third kappa shape index (κ3) is 4.84. The summed E-state index contributed by atoms with van der Waals surface area (Å²) in [6.45, 7) is 4.06. The standard InChI is InChI=1S/C21H25N5O4S/c1-2-30-19(29)14-6-3-8-16(12-14)22-18(28)15-7-4-10-25(13-15)20-23-24-21(31-20)26-11-5-9-17(26)27/h3,6,8,12,15H,2,4-5,7,9-11,13H2,1H3,(H,22,28)/t15-/m1/s1. The molecular formula is C21H25N5O4S. The number of rotatable bonds is 6. The summed E-state index contributed by atoms with van der Waals surface area (Å²) in [6, 6.07) is 6.76. The number of carbonyl (C=O) groups excluding carboxylic acids is 3. The summed E-state index contributed by atoms with van der Waals surface area (Å²) in [5, 5.41) is 12.7. The van der Waals surface area contributed by atoms with Crippen LogP contribution >= 0.6 is 11.3 Å². The lowest BCUT2D eigenvalue weighted by molar-refractivity contribution is -0.120. The lowest BCUT2D eigenvalue weighted by Gasteiger charge is -2.31. The van der Waals surface area contributed by atoms with Crippen molar-refractivity contribution < 1.29 is 19.1 Å². The van der Waals surface area contributed by atoms with Gasteiger partial charge < -0.3 is 15.0 Å². The Balaban J connectivity index is 1.39. The molecule has 2 saturated heterocycles. The van der Waals surface area contributed by atoms with Gasteiger partial charge in [-0.3, -0.25) is 14.5 Å². The molecule has 2 fully saturated rings. The van der Waals surface area contributed by atoms with Crippen LogP contribution in [0.2, 0.25) is 0 Å². The molecule has 2 aromatic rings. The SMILES string of the molecule is CCOC(=O)c1cccc(NC(=O)[C@@H]2CCCN(c3nnc(N4CCCC4=O)s3)C2)c1. The number of esters is 1. The van der Waals surface area contributed by atoms with Crippen LogP contribution in [0.5, 0.6) is 0 Å². The average Bonchev–Trinajstić information content (AvgIpc) is 3.43. The van der Waals surface area contributed by atoms with Crippen LogP contribution in [-0.2, 0) is 14.3 Å². The van der Waals surface area contributed by atoms with Crippen molar-refractivity contribution in [2.45, 2.75) is 32.6 Å². The van der Waals surface area contributed by atoms with Crippen molar-refractivity contribution >= 4 is 45.1 Å². The van der Waals surface area contributed by atoms with E-state index in [0.717, 1.165) is 30.9 Å². The molecule has 0 saturated carbocycles. The van der Waals surface area contributed by atoms with E-state index in [1.165, 1.54) is 11.3 Å². The monoisotopic (exact) mass is 443 g/mol. The second-order valence-corrected chi connectivity index (χ2v) is 8.53. The van der Waals surface area contributed by atoms with Gasteiger partial charge in [0.25, 0.3) is 0 Å². The van der Waals surface area contributed by atoms with Crippen molar-refractivity contribution in [3.63, 3.8) is 0 Å². The zero-order valence-electron chi connectivity index (χ0n) is 17.4. The third-order valence-electron chi connectivity index (χ3n) is 5.41. The number of nitrogens with one attached hydrogen (secondary N) is 1. The van der Waals surface area contributed by atoms with Gasteiger partial charge in [0.2, 0.25) is 22.1 Å². The van der Waals surface area contributed by atoms with Crippen LogP contribution in [0.1, 0.15) is 43.0 Å². The number of hydrogen-bond acceptors (Lipinski definition) is 8. The summed E-state index contributed by atoms with van der Waals surface area (Å²) in [5.74, 6) is -0.624. The van der Waals surface area contributed by atoms with E-state index < -0.39 is 5.97 Å². The summed E-state index contributed by atoms with van der Waals surface area (Å²) in [4.78, 5) is 40.5. The van der Waals surface area contributed by atoms with Gasteiger partial charge in [-0.15, -0.1) is 10.2 Å². The number of hydrogen-bond donors (Lipinski definition) is 1. The molecule has 1 aromatic heterocycles. The summed E-state index contributed by atoms with van der Waals surface area (Å²) in [7, 11) is 0. The highest BCUT2D eigenvalue weighted by atomic mass is 32.1. The minimum atomic E-state index is -0.411. The van der Waals surface area contributed by atoms with Gasteiger partial charge in [0.1, 0.15) is 0 Å². The van der Waals surface area contributed by atoms with Crippen LogP contribution in [0, 0.1) is 5.92 Å². The molecule has 31 heavy (non-hydrogen) atoms. The number of piperidine rings is 1. The van der Waals surface area contributed by atoms with Gasteiger partial charge in [-0.2, -0.15) is 0 Å². The number of benzene rings is 1. The molecule has 0 spiro atoms. The molecule has 2 amide bonds. The van der Waals surface area contributed by atoms with Crippen LogP contribution in [0.15, 0.2) is 24.3 Å². The van der Waals surface area contributed by atoms with Crippen molar-refractivity contribution in [1.29, 1.82) is 0 Å². The fraction of sp³-hybridized carbons (Fsp3) is 0.476. The molecule has 0 aliphatic carbocycles. The number of anilines is 3. The predicted molar refractivity (Wildman–Crippen MR) is 117 cm³/mol. The highest BCUT2D eigenvalue weighted by Gasteiger charge is 2.30. The van der Waals surface area contributed by atoms with E-state index in [4.69, 9.17) is 4.74 Å². The second-order valence-electron chi connectivity index (χ2n) is 7.59. The molecule has 2 aliphatic heterocycles. The van der Waals surface area contributed by atoms with Crippen LogP contribution in [0.3, 0.4) is 0 Å². The normalized spacial score (nSPS) is 18.9. The molecule has 10 heteroatoms. The van der Waals surface area contributed by atoms with Crippen LogP contribution in [0.25, 0.3) is 0 Å². The van der Waals surface area contributed by atoms with Gasteiger partial charge in [-0.25, -0.2) is 4.79 Å². The van der Waals surface area contributed by atoms with Gasteiger partial charge in [0.15, 0.2) is 0 Å². The van der Waals surface area contributed by atoms with Crippen molar-refractivity contribution in [2.75, 3.05) is 41.4 Å². The second kappa shape index (κ2) is 9.42. The number of amides is 2. The number of nitrogens with zero attached hydrogens (tertiary/aromatic N) is 4. The van der Waals surface area contributed by atoms with Gasteiger partial charge in [-0.1, -0.05) is 17.4 Å². The Morgan fingerprint density at radius 2 is 2.06 bits per heavy atom. The van der Waals surface area contributed by atoms with Gasteiger partial charge >= 0.3 is 5.97 Å². The lowest BCUT2D eigenvalue weighted by Crippen LogP contribution is -2.40. The fourth-order valence-corrected chi connectivity index (χ4v) is 4.77. The third-order valence-corrected chi connectivity index (χ3v) is 6.42. The summed E-state index contributed by atoms with van der Waals surface area (Å²) in [6.07, 6.45) is 3.03. The Labute approximate surface area is 184 Å². The van der Waals surface area contributed by atoms with Gasteiger partial charge in [-0.05, 0) is 44.4 Å². The molecule has 0 bridgehead atoms. The minimum Gasteiger partial charge on any atom is -0.462 e. The Kier molecular flexibility index (Phi) is 6.45. The van der Waals surface area contributed by atoms with E-state index in [1.54, 1.807) is 36.1 Å². The molecule has 1 atom stereocenters. The quantitative estimate of drug-likeness (QED) is 0.685. The largest absolute Gasteiger partial charge is 0.462 e. The van der Waals surface area contributed by atoms with Crippen LogP contribution in [-0.4, -0.2) is 54.2 Å². The van der Waals surface area contributed by atoms with E-state index in [2.05, 4.69) is 20.4 Å². The Morgan fingerprint density at radius 3 is 2.84 bits per heavy atom. The zero-order chi connectivity index (χ0) is 21.8. The van der Waals surface area contributed by atoms with E-state index in [0.29, 0.717) is 42.5 Å². The maximum absolute atomic E-state index is 12.9. The smallest absolute Gasteiger partial charge is 0.338 e. The average molecular weight is 444 g/mol. The molecule has 164 valence electrons. The van der Waals surface area contributed by atoms with Crippen molar-refractivity contribution in [1.82, 2.24) is 10.2 Å². The van der Waals surface area contributed by atoms with Crippen molar-refractivity contribution in [2.24, 2.45) is 5.92 Å². The van der Waals surface area contributed by atoms with E-state index >= 15 is 0 Å². The van der Waals surface area contributed by atoms with Crippen LogP contribution < -0.4 is 15.1 Å². The number of ether oxygens (including phenoxy) is 1. The van der Waals surface area contributed by atoms with Gasteiger partial charge in [0.05, 0.1) is 18.1 Å². The van der Waals surface area contributed by atoms with E-state index in [-0.39, 0.29) is 17.7 Å². The molecule has 9 nitrogen and oxygen atoms in total. The first-order chi connectivity index (χ1) is 15.0. The predicted octanol–water partition coefficient (Wildman–Crippen LogP) is 2.70. The Bertz CT molecular complexity index is 978. The maximum atomic E-state index is 12.9. The Hall–Kier alpha value is -3.01. The zero-order valence-corrected chi connectivity index (χ0v) is 18.2. The highest BCUT2D eigenvalue weighted by molar-refractivity contribution is 7.19. The summed E-state index contributed by atoms with van der Waals surface area (Å²) < 4.78 is 5.02. The van der Waals surface area contributed by atoms with Gasteiger partial charge in [0, 0.05) is 31.7 Å². The van der Waals surface area contributed by atoms with Crippen molar-refractivity contribution in [3.05, 3.63) is 29.8 Å². The van der Waals surface area contributed by atoms with E-state index in [9.17, 15) is 14.4 Å². The first-order valence-electron chi connectivity index (χ1n) is 10.5. The molecule has 0 radical (unpaired) electrons. The maximum Gasteiger partial charge on any atom is 0.338 e. The molecule has 3 heterocycles. The van der Waals surface area contributed by atoms with Crippen molar-refractivity contribution in [3.8, 4) is 0 Å². The molecule has 0 unspecified atom stereocenters. The molecule has 4 rings (SSSR count). The topological polar surface area (TPSA) is 105 Å². The molecule has 1 aromatic carbocycles. The number of aromatic nitrogens is 2. The van der Waals surface area contributed by atoms with Crippen LogP contribution in [0.4, 0.5) is 16.0 Å². The molecule has 2 aliphatic rings.